The summed E-state index contributed by atoms with van der Waals surface area (Å²) in [4.78, 5) is 9.36. The maximum atomic E-state index is 6.17. The van der Waals surface area contributed by atoms with Crippen LogP contribution in [0.2, 0.25) is 0 Å². The van der Waals surface area contributed by atoms with Gasteiger partial charge in [-0.15, -0.1) is 0 Å². The molecule has 42 heavy (non-hydrogen) atoms. The standard InChI is InChI=1S/C21H25NO.C17H17NO/c1-20(2,3)15-12-16(21(4,5)6)18-17(13-15)22-19(23-18)14-10-8-7-9-11-14;1-17(2,3)13-9-10-15-14(11-13)18-16(19-15)12-7-5-4-6-8-12/h7-13H,1-6H3;4-11H,1-3H3. The maximum Gasteiger partial charge on any atom is 0.227 e. The molecule has 0 aliphatic carbocycles. The monoisotopic (exact) mass is 558 g/mol. The van der Waals surface area contributed by atoms with E-state index in [1.54, 1.807) is 0 Å². The van der Waals surface area contributed by atoms with E-state index in [1.807, 2.05) is 66.7 Å². The van der Waals surface area contributed by atoms with Crippen molar-refractivity contribution in [3.8, 4) is 22.9 Å². The molecule has 4 nitrogen and oxygen atoms in total. The van der Waals surface area contributed by atoms with Gasteiger partial charge in [-0.1, -0.05) is 111 Å². The summed E-state index contributed by atoms with van der Waals surface area (Å²) in [6, 6.07) is 30.8. The Balaban J connectivity index is 0.000000171. The number of nitrogens with zero attached hydrogens (tertiary/aromatic N) is 2. The molecule has 0 radical (unpaired) electrons. The molecule has 0 saturated heterocycles. The van der Waals surface area contributed by atoms with Gasteiger partial charge in [-0.25, -0.2) is 9.97 Å². The van der Waals surface area contributed by atoms with Crippen LogP contribution in [-0.2, 0) is 16.2 Å². The molecule has 4 heteroatoms. The molecule has 0 atom stereocenters. The molecular weight excluding hydrogens is 516 g/mol. The van der Waals surface area contributed by atoms with E-state index in [0.29, 0.717) is 11.8 Å². The molecule has 216 valence electrons. The third kappa shape index (κ3) is 6.33. The fourth-order valence-electron chi connectivity index (χ4n) is 4.83. The summed E-state index contributed by atoms with van der Waals surface area (Å²) in [5.41, 5.74) is 9.64. The number of rotatable bonds is 2. The van der Waals surface area contributed by atoms with Crippen LogP contribution in [0, 0.1) is 0 Å². The number of aromatic nitrogens is 2. The van der Waals surface area contributed by atoms with Crippen molar-refractivity contribution in [2.45, 2.75) is 78.6 Å². The topological polar surface area (TPSA) is 52.1 Å². The Labute approximate surface area is 249 Å². The summed E-state index contributed by atoms with van der Waals surface area (Å²) in [5.74, 6) is 1.37. The largest absolute Gasteiger partial charge is 0.436 e. The van der Waals surface area contributed by atoms with E-state index < -0.39 is 0 Å². The first kappa shape index (κ1) is 29.3. The van der Waals surface area contributed by atoms with Crippen molar-refractivity contribution >= 4 is 22.2 Å². The Hall–Kier alpha value is -4.18. The van der Waals surface area contributed by atoms with Crippen molar-refractivity contribution in [3.63, 3.8) is 0 Å². The molecule has 2 heterocycles. The lowest BCUT2D eigenvalue weighted by atomic mass is 9.80. The average molecular weight is 559 g/mol. The summed E-state index contributed by atoms with van der Waals surface area (Å²) >= 11 is 0. The van der Waals surface area contributed by atoms with E-state index >= 15 is 0 Å². The van der Waals surface area contributed by atoms with Gasteiger partial charge >= 0.3 is 0 Å². The van der Waals surface area contributed by atoms with Gasteiger partial charge in [-0.05, 0) is 69.8 Å². The minimum atomic E-state index is 0.00695. The Morgan fingerprint density at radius 1 is 0.476 bits per heavy atom. The lowest BCUT2D eigenvalue weighted by Crippen LogP contribution is -2.16. The fourth-order valence-corrected chi connectivity index (χ4v) is 4.83. The Morgan fingerprint density at radius 3 is 1.50 bits per heavy atom. The molecule has 0 aliphatic rings. The van der Waals surface area contributed by atoms with Gasteiger partial charge in [0, 0.05) is 16.7 Å². The molecule has 6 rings (SSSR count). The predicted molar refractivity (Wildman–Crippen MR) is 175 cm³/mol. The second-order valence-electron chi connectivity index (χ2n) is 14.1. The number of oxazole rings is 2. The Bertz CT molecular complexity index is 1810. The van der Waals surface area contributed by atoms with Crippen molar-refractivity contribution in [1.29, 1.82) is 0 Å². The second kappa shape index (κ2) is 10.9. The lowest BCUT2D eigenvalue weighted by molar-refractivity contribution is 0.552. The van der Waals surface area contributed by atoms with Crippen LogP contribution in [0.15, 0.2) is 99.8 Å². The zero-order chi connectivity index (χ0) is 30.3. The molecule has 6 aromatic rings. The molecule has 0 bridgehead atoms. The molecule has 0 amide bonds. The summed E-state index contributed by atoms with van der Waals surface area (Å²) in [6.07, 6.45) is 0. The van der Waals surface area contributed by atoms with Crippen LogP contribution in [0.25, 0.3) is 45.1 Å². The van der Waals surface area contributed by atoms with Crippen LogP contribution in [0.3, 0.4) is 0 Å². The first-order valence-electron chi connectivity index (χ1n) is 14.7. The summed E-state index contributed by atoms with van der Waals surface area (Å²) < 4.78 is 12.0. The summed E-state index contributed by atoms with van der Waals surface area (Å²) in [6.45, 7) is 20.0. The molecule has 0 unspecified atom stereocenters. The van der Waals surface area contributed by atoms with Crippen LogP contribution in [0.5, 0.6) is 0 Å². The van der Waals surface area contributed by atoms with E-state index in [4.69, 9.17) is 13.8 Å². The number of hydrogen-bond acceptors (Lipinski definition) is 4. The van der Waals surface area contributed by atoms with Gasteiger partial charge in [-0.3, -0.25) is 0 Å². The predicted octanol–water partition coefficient (Wildman–Crippen LogP) is 10.9. The average Bonchev–Trinajstić information content (AvgIpc) is 3.56. The van der Waals surface area contributed by atoms with Crippen molar-refractivity contribution in [2.75, 3.05) is 0 Å². The van der Waals surface area contributed by atoms with Gasteiger partial charge in [-0.2, -0.15) is 0 Å². The van der Waals surface area contributed by atoms with Gasteiger partial charge < -0.3 is 8.83 Å². The molecule has 0 fully saturated rings. The highest BCUT2D eigenvalue weighted by Gasteiger charge is 2.25. The van der Waals surface area contributed by atoms with Crippen LogP contribution < -0.4 is 0 Å². The highest BCUT2D eigenvalue weighted by molar-refractivity contribution is 5.82. The van der Waals surface area contributed by atoms with Gasteiger partial charge in [0.25, 0.3) is 0 Å². The number of benzene rings is 4. The maximum absolute atomic E-state index is 6.17. The third-order valence-corrected chi connectivity index (χ3v) is 7.46. The Kier molecular flexibility index (Phi) is 7.61. The van der Waals surface area contributed by atoms with Gasteiger partial charge in [0.2, 0.25) is 11.8 Å². The van der Waals surface area contributed by atoms with E-state index in [-0.39, 0.29) is 16.2 Å². The molecule has 2 aromatic heterocycles. The van der Waals surface area contributed by atoms with Gasteiger partial charge in [0.05, 0.1) is 0 Å². The quantitative estimate of drug-likeness (QED) is 0.212. The summed E-state index contributed by atoms with van der Waals surface area (Å²) in [5, 5.41) is 0. The van der Waals surface area contributed by atoms with Crippen molar-refractivity contribution < 1.29 is 8.83 Å². The van der Waals surface area contributed by atoms with E-state index in [0.717, 1.165) is 33.3 Å². The number of fused-ring (bicyclic) bond motifs is 2. The SMILES string of the molecule is CC(C)(C)c1cc(C(C)(C)C)c2oc(-c3ccccc3)nc2c1.CC(C)(C)c1ccc2oc(-c3ccccc3)nc2c1. The Morgan fingerprint density at radius 2 is 0.976 bits per heavy atom. The normalized spacial score (nSPS) is 12.4. The number of hydrogen-bond donors (Lipinski definition) is 0. The first-order chi connectivity index (χ1) is 19.7. The fraction of sp³-hybridized carbons (Fsp3) is 0.316. The minimum absolute atomic E-state index is 0.00695. The van der Waals surface area contributed by atoms with Crippen LogP contribution in [0.1, 0.15) is 79.0 Å². The van der Waals surface area contributed by atoms with Crippen LogP contribution in [-0.4, -0.2) is 9.97 Å². The lowest BCUT2D eigenvalue weighted by Gasteiger charge is -2.24. The van der Waals surface area contributed by atoms with Crippen molar-refractivity contribution in [1.82, 2.24) is 9.97 Å². The zero-order valence-corrected chi connectivity index (χ0v) is 26.4. The van der Waals surface area contributed by atoms with Crippen molar-refractivity contribution in [2.24, 2.45) is 0 Å². The summed E-state index contributed by atoms with van der Waals surface area (Å²) in [7, 11) is 0. The van der Waals surface area contributed by atoms with Gasteiger partial charge in [0.1, 0.15) is 11.0 Å². The zero-order valence-electron chi connectivity index (χ0n) is 26.4. The van der Waals surface area contributed by atoms with Crippen LogP contribution >= 0.6 is 0 Å². The third-order valence-electron chi connectivity index (χ3n) is 7.46. The minimum Gasteiger partial charge on any atom is -0.436 e. The van der Waals surface area contributed by atoms with Crippen LogP contribution in [0.4, 0.5) is 0 Å². The molecule has 0 aliphatic heterocycles. The van der Waals surface area contributed by atoms with E-state index in [9.17, 15) is 0 Å². The smallest absolute Gasteiger partial charge is 0.227 e. The molecule has 0 N–H and O–H groups in total. The molecule has 0 spiro atoms. The van der Waals surface area contributed by atoms with E-state index in [1.165, 1.54) is 16.7 Å². The molecular formula is C38H42N2O2. The second-order valence-corrected chi connectivity index (χ2v) is 14.1. The highest BCUT2D eigenvalue weighted by Crippen LogP contribution is 2.37. The molecule has 0 saturated carbocycles. The first-order valence-corrected chi connectivity index (χ1v) is 14.7. The van der Waals surface area contributed by atoms with E-state index in [2.05, 4.69) is 91.6 Å². The molecule has 4 aromatic carbocycles. The van der Waals surface area contributed by atoms with Gasteiger partial charge in [0.15, 0.2) is 11.2 Å². The van der Waals surface area contributed by atoms with Crippen molar-refractivity contribution in [3.05, 3.63) is 108 Å². The highest BCUT2D eigenvalue weighted by atomic mass is 16.4.